The van der Waals surface area contributed by atoms with E-state index < -0.39 is 0 Å². The first-order valence-corrected chi connectivity index (χ1v) is 11.3. The quantitative estimate of drug-likeness (QED) is 0.373. The molecule has 2 aromatic heterocycles. The van der Waals surface area contributed by atoms with Gasteiger partial charge in [-0.2, -0.15) is 0 Å². The van der Waals surface area contributed by atoms with Crippen LogP contribution < -0.4 is 10.6 Å². The Balaban J connectivity index is 0.000000316. The molecule has 0 aliphatic rings. The second-order valence-electron chi connectivity index (χ2n) is 9.28. The molecule has 34 heavy (non-hydrogen) atoms. The average molecular weight is 456 g/mol. The van der Waals surface area contributed by atoms with Crippen LogP contribution in [0.2, 0.25) is 0 Å². The van der Waals surface area contributed by atoms with Crippen molar-refractivity contribution in [1.82, 2.24) is 9.97 Å². The van der Waals surface area contributed by atoms with E-state index in [0.717, 1.165) is 39.6 Å². The normalized spacial score (nSPS) is 12.0. The first kappa shape index (κ1) is 26.5. The summed E-state index contributed by atoms with van der Waals surface area (Å²) in [7, 11) is 1.82. The maximum absolute atomic E-state index is 4.53. The minimum Gasteiger partial charge on any atom is -0.360 e. The van der Waals surface area contributed by atoms with Crippen molar-refractivity contribution in [3.05, 3.63) is 90.9 Å². The number of hydrogen-bond acceptors (Lipinski definition) is 5. The Kier molecular flexibility index (Phi) is 9.31. The van der Waals surface area contributed by atoms with Crippen molar-refractivity contribution >= 4 is 33.8 Å². The van der Waals surface area contributed by atoms with Crippen molar-refractivity contribution in [2.45, 2.75) is 41.5 Å². The summed E-state index contributed by atoms with van der Waals surface area (Å²) in [6.45, 7) is 20.6. The van der Waals surface area contributed by atoms with E-state index in [-0.39, 0.29) is 5.41 Å². The van der Waals surface area contributed by atoms with E-state index in [9.17, 15) is 0 Å². The molecule has 0 unspecified atom stereocenters. The van der Waals surface area contributed by atoms with E-state index in [0.29, 0.717) is 5.65 Å². The van der Waals surface area contributed by atoms with Gasteiger partial charge in [-0.3, -0.25) is 4.99 Å². The van der Waals surface area contributed by atoms with Gasteiger partial charge in [0.15, 0.2) is 5.65 Å². The summed E-state index contributed by atoms with van der Waals surface area (Å²) in [5.74, 6) is 0. The number of nitrogens with zero attached hydrogens (tertiary/aromatic N) is 3. The van der Waals surface area contributed by atoms with Crippen molar-refractivity contribution in [2.75, 3.05) is 17.7 Å². The van der Waals surface area contributed by atoms with E-state index in [1.54, 1.807) is 6.20 Å². The Bertz CT molecular complexity index is 1200. The summed E-state index contributed by atoms with van der Waals surface area (Å²) in [4.78, 5) is 12.9. The molecule has 0 saturated carbocycles. The van der Waals surface area contributed by atoms with Gasteiger partial charge >= 0.3 is 0 Å². The minimum absolute atomic E-state index is 0.270. The monoisotopic (exact) mass is 455 g/mol. The lowest BCUT2D eigenvalue weighted by Gasteiger charge is -2.19. The summed E-state index contributed by atoms with van der Waals surface area (Å²) in [5, 5.41) is 7.45. The topological polar surface area (TPSA) is 62.2 Å². The summed E-state index contributed by atoms with van der Waals surface area (Å²) >= 11 is 0. The molecule has 1 aromatic carbocycles. The number of pyridine rings is 2. The van der Waals surface area contributed by atoms with Gasteiger partial charge in [-0.1, -0.05) is 39.5 Å². The third-order valence-electron chi connectivity index (χ3n) is 5.27. The molecule has 5 heteroatoms. The lowest BCUT2D eigenvalue weighted by Crippen LogP contribution is -2.07. The van der Waals surface area contributed by atoms with Crippen LogP contribution in [-0.4, -0.2) is 22.7 Å². The summed E-state index contributed by atoms with van der Waals surface area (Å²) in [6.07, 6.45) is 3.88. The second-order valence-corrected chi connectivity index (χ2v) is 9.28. The molecule has 5 nitrogen and oxygen atoms in total. The van der Waals surface area contributed by atoms with Crippen LogP contribution in [0.1, 0.15) is 47.2 Å². The first-order valence-electron chi connectivity index (χ1n) is 11.3. The summed E-state index contributed by atoms with van der Waals surface area (Å²) in [6, 6.07) is 15.8. The van der Waals surface area contributed by atoms with Crippen LogP contribution >= 0.6 is 0 Å². The Morgan fingerprint density at radius 1 is 0.912 bits per heavy atom. The van der Waals surface area contributed by atoms with Gasteiger partial charge in [-0.15, -0.1) is 0 Å². The molecule has 178 valence electrons. The Morgan fingerprint density at radius 3 is 2.09 bits per heavy atom. The van der Waals surface area contributed by atoms with Crippen LogP contribution in [0.4, 0.5) is 11.4 Å². The van der Waals surface area contributed by atoms with Crippen LogP contribution in [0, 0.1) is 5.41 Å². The highest BCUT2D eigenvalue weighted by molar-refractivity contribution is 5.93. The molecule has 0 spiro atoms. The lowest BCUT2D eigenvalue weighted by molar-refractivity contribution is 0.504. The Hall–Kier alpha value is -3.73. The fourth-order valence-electron chi connectivity index (χ4n) is 2.84. The third-order valence-corrected chi connectivity index (χ3v) is 5.27. The van der Waals surface area contributed by atoms with Crippen LogP contribution in [0.5, 0.6) is 0 Å². The van der Waals surface area contributed by atoms with E-state index in [2.05, 4.69) is 72.5 Å². The number of anilines is 2. The lowest BCUT2D eigenvalue weighted by atomic mass is 9.87. The molecule has 3 rings (SSSR count). The molecule has 0 bridgehead atoms. The fraction of sp³-hybridized carbons (Fsp3) is 0.276. The summed E-state index contributed by atoms with van der Waals surface area (Å²) < 4.78 is 0. The highest BCUT2D eigenvalue weighted by atomic mass is 14.9. The highest BCUT2D eigenvalue weighted by Crippen LogP contribution is 2.24. The average Bonchev–Trinajstić information content (AvgIpc) is 2.79. The molecule has 0 fully saturated rings. The molecular formula is C29H37N5. The molecule has 3 aromatic rings. The van der Waals surface area contributed by atoms with Crippen molar-refractivity contribution in [1.29, 1.82) is 0 Å². The largest absolute Gasteiger partial charge is 0.360 e. The zero-order valence-electron chi connectivity index (χ0n) is 21.5. The van der Waals surface area contributed by atoms with Gasteiger partial charge in [0.25, 0.3) is 0 Å². The van der Waals surface area contributed by atoms with Crippen molar-refractivity contribution in [3.8, 4) is 0 Å². The van der Waals surface area contributed by atoms with Gasteiger partial charge in [0.1, 0.15) is 0 Å². The first-order chi connectivity index (χ1) is 16.0. The molecule has 2 heterocycles. The van der Waals surface area contributed by atoms with Crippen molar-refractivity contribution in [2.24, 2.45) is 10.4 Å². The van der Waals surface area contributed by atoms with Gasteiger partial charge in [-0.05, 0) is 80.8 Å². The van der Waals surface area contributed by atoms with E-state index in [4.69, 9.17) is 0 Å². The number of benzene rings is 1. The molecule has 0 atom stereocenters. The van der Waals surface area contributed by atoms with E-state index in [1.165, 1.54) is 5.57 Å². The van der Waals surface area contributed by atoms with Gasteiger partial charge in [0.05, 0.1) is 11.4 Å². The van der Waals surface area contributed by atoms with Crippen LogP contribution in [0.3, 0.4) is 0 Å². The van der Waals surface area contributed by atoms with Gasteiger partial charge < -0.3 is 10.6 Å². The Labute approximate surface area is 204 Å². The maximum Gasteiger partial charge on any atom is 0.159 e. The molecule has 0 saturated heterocycles. The molecule has 0 aliphatic carbocycles. The smallest absolute Gasteiger partial charge is 0.159 e. The van der Waals surface area contributed by atoms with Crippen LogP contribution in [-0.2, 0) is 0 Å². The van der Waals surface area contributed by atoms with Crippen LogP contribution in [0.25, 0.3) is 16.7 Å². The number of nitrogens with one attached hydrogen (secondary N) is 2. The minimum atomic E-state index is 0.270. The number of allylic oxidation sites excluding steroid dienone is 3. The highest BCUT2D eigenvalue weighted by Gasteiger charge is 2.11. The molecule has 2 N–H and O–H groups in total. The van der Waals surface area contributed by atoms with Gasteiger partial charge in [0.2, 0.25) is 0 Å². The predicted molar refractivity (Wildman–Crippen MR) is 149 cm³/mol. The number of rotatable bonds is 6. The number of aromatic nitrogens is 2. The number of aliphatic imine (C=N–C) groups is 1. The third kappa shape index (κ3) is 8.32. The number of fused-ring (bicyclic) bond motifs is 1. The van der Waals surface area contributed by atoms with Gasteiger partial charge in [-0.25, -0.2) is 9.97 Å². The standard InChI is InChI=1S/C19H18N4.C10H19N/c1-13(2)21-16-7-9-17(10-8-16)22-14(3)18-11-6-15-5-4-12-20-19(15)23-18;1-8(10(3,4)5)7-9(2)11-6/h4-12,21-22H,1,3H2,2H3;7H,1-6H3/b;8-7+,11-9?. The Morgan fingerprint density at radius 2 is 1.53 bits per heavy atom. The van der Waals surface area contributed by atoms with Crippen molar-refractivity contribution in [3.63, 3.8) is 0 Å². The van der Waals surface area contributed by atoms with Gasteiger partial charge in [0, 0.05) is 41.4 Å². The van der Waals surface area contributed by atoms with Crippen molar-refractivity contribution < 1.29 is 0 Å². The molecule has 0 radical (unpaired) electrons. The molecular weight excluding hydrogens is 418 g/mol. The zero-order valence-corrected chi connectivity index (χ0v) is 21.5. The van der Waals surface area contributed by atoms with Crippen LogP contribution in [0.15, 0.2) is 90.2 Å². The number of hydrogen-bond donors (Lipinski definition) is 2. The molecule has 0 amide bonds. The summed E-state index contributed by atoms with van der Waals surface area (Å²) in [5.41, 5.74) is 7.83. The maximum atomic E-state index is 4.53. The predicted octanol–water partition coefficient (Wildman–Crippen LogP) is 7.73. The SMILES string of the molecule is C=C(C)Nc1ccc(NC(=C)c2ccc3cccnc3n2)cc1.CN=C(C)/C=C(\C)C(C)(C)C. The van der Waals surface area contributed by atoms with E-state index in [1.807, 2.05) is 69.4 Å². The fourth-order valence-corrected chi connectivity index (χ4v) is 2.84. The second kappa shape index (κ2) is 11.9. The van der Waals surface area contributed by atoms with E-state index >= 15 is 0 Å². The zero-order chi connectivity index (χ0) is 25.3. The molecule has 0 aliphatic heterocycles.